The third kappa shape index (κ3) is 1.87. The molecule has 0 aromatic heterocycles. The number of hydrogen-bond donors (Lipinski definition) is 1. The van der Waals surface area contributed by atoms with Crippen LogP contribution in [0.5, 0.6) is 0 Å². The number of allylic oxidation sites excluding steroid dienone is 1. The SMILES string of the molecule is CCC1CC1/C=C/C(=O)O. The van der Waals surface area contributed by atoms with Crippen LogP contribution in [-0.2, 0) is 4.79 Å². The smallest absolute Gasteiger partial charge is 0.327 e. The summed E-state index contributed by atoms with van der Waals surface area (Å²) in [7, 11) is 0. The van der Waals surface area contributed by atoms with Crippen molar-refractivity contribution in [3.05, 3.63) is 12.2 Å². The van der Waals surface area contributed by atoms with Gasteiger partial charge in [0.25, 0.3) is 0 Å². The van der Waals surface area contributed by atoms with E-state index in [1.807, 2.05) is 0 Å². The summed E-state index contributed by atoms with van der Waals surface area (Å²) in [5, 5.41) is 8.26. The van der Waals surface area contributed by atoms with Gasteiger partial charge in [-0.1, -0.05) is 19.4 Å². The van der Waals surface area contributed by atoms with Crippen molar-refractivity contribution in [2.45, 2.75) is 19.8 Å². The maximum absolute atomic E-state index is 10.0. The van der Waals surface area contributed by atoms with Crippen molar-refractivity contribution in [1.82, 2.24) is 0 Å². The molecule has 56 valence electrons. The predicted molar refractivity (Wildman–Crippen MR) is 38.7 cm³/mol. The summed E-state index contributed by atoms with van der Waals surface area (Å²) in [5.74, 6) is 0.485. The van der Waals surface area contributed by atoms with Gasteiger partial charge in [-0.25, -0.2) is 4.79 Å². The molecule has 1 saturated carbocycles. The highest BCUT2D eigenvalue weighted by molar-refractivity contribution is 5.79. The lowest BCUT2D eigenvalue weighted by atomic mass is 10.2. The van der Waals surface area contributed by atoms with Crippen molar-refractivity contribution in [3.63, 3.8) is 0 Å². The predicted octanol–water partition coefficient (Wildman–Crippen LogP) is 1.67. The number of rotatable bonds is 3. The van der Waals surface area contributed by atoms with Gasteiger partial charge in [-0.15, -0.1) is 0 Å². The van der Waals surface area contributed by atoms with Crippen molar-refractivity contribution >= 4 is 5.97 Å². The van der Waals surface area contributed by atoms with E-state index in [-0.39, 0.29) is 0 Å². The summed E-state index contributed by atoms with van der Waals surface area (Å²) in [5.41, 5.74) is 0. The van der Waals surface area contributed by atoms with Crippen LogP contribution in [0, 0.1) is 11.8 Å². The van der Waals surface area contributed by atoms with Crippen molar-refractivity contribution in [1.29, 1.82) is 0 Å². The van der Waals surface area contributed by atoms with Crippen LogP contribution in [0.15, 0.2) is 12.2 Å². The molecule has 1 N–H and O–H groups in total. The van der Waals surface area contributed by atoms with Crippen molar-refractivity contribution in [2.75, 3.05) is 0 Å². The van der Waals surface area contributed by atoms with Crippen LogP contribution in [-0.4, -0.2) is 11.1 Å². The molecule has 0 spiro atoms. The van der Waals surface area contributed by atoms with Crippen LogP contribution in [0.25, 0.3) is 0 Å². The van der Waals surface area contributed by atoms with Gasteiger partial charge in [-0.05, 0) is 18.3 Å². The summed E-state index contributed by atoms with van der Waals surface area (Å²) in [6, 6.07) is 0. The first-order valence-electron chi connectivity index (χ1n) is 3.65. The second-order valence-electron chi connectivity index (χ2n) is 2.77. The van der Waals surface area contributed by atoms with Crippen LogP contribution < -0.4 is 0 Å². The normalized spacial score (nSPS) is 30.9. The third-order valence-corrected chi connectivity index (χ3v) is 1.99. The highest BCUT2D eigenvalue weighted by Gasteiger charge is 2.32. The molecular formula is C8H12O2. The fraction of sp³-hybridized carbons (Fsp3) is 0.625. The van der Waals surface area contributed by atoms with Gasteiger partial charge in [-0.2, -0.15) is 0 Å². The Kier molecular flexibility index (Phi) is 2.10. The maximum Gasteiger partial charge on any atom is 0.327 e. The van der Waals surface area contributed by atoms with E-state index in [2.05, 4.69) is 6.92 Å². The van der Waals surface area contributed by atoms with Crippen LogP contribution in [0.4, 0.5) is 0 Å². The van der Waals surface area contributed by atoms with Gasteiger partial charge in [0.2, 0.25) is 0 Å². The molecule has 1 fully saturated rings. The van der Waals surface area contributed by atoms with Crippen molar-refractivity contribution < 1.29 is 9.90 Å². The first-order valence-corrected chi connectivity index (χ1v) is 3.65. The summed E-state index contributed by atoms with van der Waals surface area (Å²) in [4.78, 5) is 10.0. The Labute approximate surface area is 60.6 Å². The number of carboxylic acid groups (broad SMARTS) is 1. The van der Waals surface area contributed by atoms with E-state index in [0.29, 0.717) is 5.92 Å². The van der Waals surface area contributed by atoms with Gasteiger partial charge in [0, 0.05) is 6.08 Å². The van der Waals surface area contributed by atoms with Crippen molar-refractivity contribution in [2.24, 2.45) is 11.8 Å². The zero-order chi connectivity index (χ0) is 7.56. The van der Waals surface area contributed by atoms with Gasteiger partial charge < -0.3 is 5.11 Å². The largest absolute Gasteiger partial charge is 0.478 e. The second-order valence-corrected chi connectivity index (χ2v) is 2.77. The first kappa shape index (κ1) is 7.32. The van der Waals surface area contributed by atoms with E-state index in [1.54, 1.807) is 6.08 Å². The molecule has 2 nitrogen and oxygen atoms in total. The fourth-order valence-corrected chi connectivity index (χ4v) is 1.18. The molecule has 2 unspecified atom stereocenters. The van der Waals surface area contributed by atoms with Crippen LogP contribution in [0.1, 0.15) is 19.8 Å². The number of carbonyl (C=O) groups is 1. The van der Waals surface area contributed by atoms with Crippen LogP contribution in [0.3, 0.4) is 0 Å². The lowest BCUT2D eigenvalue weighted by molar-refractivity contribution is -0.131. The molecule has 0 saturated heterocycles. The summed E-state index contributed by atoms with van der Waals surface area (Å²) >= 11 is 0. The van der Waals surface area contributed by atoms with Crippen molar-refractivity contribution in [3.8, 4) is 0 Å². The quantitative estimate of drug-likeness (QED) is 0.605. The second kappa shape index (κ2) is 2.86. The molecule has 2 heteroatoms. The van der Waals surface area contributed by atoms with E-state index in [0.717, 1.165) is 5.92 Å². The Morgan fingerprint density at radius 3 is 2.90 bits per heavy atom. The lowest BCUT2D eigenvalue weighted by Crippen LogP contribution is -1.86. The van der Waals surface area contributed by atoms with Gasteiger partial charge in [0.05, 0.1) is 0 Å². The maximum atomic E-state index is 10.0. The Balaban J connectivity index is 2.23. The van der Waals surface area contributed by atoms with Crippen LogP contribution in [0.2, 0.25) is 0 Å². The van der Waals surface area contributed by atoms with Gasteiger partial charge in [0.1, 0.15) is 0 Å². The fourth-order valence-electron chi connectivity index (χ4n) is 1.18. The average molecular weight is 140 g/mol. The van der Waals surface area contributed by atoms with E-state index in [9.17, 15) is 4.79 Å². The molecule has 10 heavy (non-hydrogen) atoms. The minimum atomic E-state index is -0.832. The standard InChI is InChI=1S/C8H12O2/c1-2-6-5-7(6)3-4-8(9)10/h3-4,6-7H,2,5H2,1H3,(H,9,10)/b4-3+. The topological polar surface area (TPSA) is 37.3 Å². The zero-order valence-electron chi connectivity index (χ0n) is 6.08. The number of aliphatic carboxylic acids is 1. The van der Waals surface area contributed by atoms with Gasteiger partial charge in [0.15, 0.2) is 0 Å². The molecule has 0 bridgehead atoms. The highest BCUT2D eigenvalue weighted by atomic mass is 16.4. The van der Waals surface area contributed by atoms with E-state index < -0.39 is 5.97 Å². The van der Waals surface area contributed by atoms with E-state index in [1.165, 1.54) is 18.9 Å². The molecule has 0 aromatic carbocycles. The summed E-state index contributed by atoms with van der Waals surface area (Å²) in [6.07, 6.45) is 5.41. The highest BCUT2D eigenvalue weighted by Crippen LogP contribution is 2.41. The molecule has 0 radical (unpaired) electrons. The molecule has 0 aliphatic heterocycles. The van der Waals surface area contributed by atoms with E-state index in [4.69, 9.17) is 5.11 Å². The van der Waals surface area contributed by atoms with Gasteiger partial charge in [-0.3, -0.25) is 0 Å². The Hall–Kier alpha value is -0.790. The minimum absolute atomic E-state index is 0.557. The molecule has 0 amide bonds. The molecule has 0 aromatic rings. The first-order chi connectivity index (χ1) is 4.74. The average Bonchev–Trinajstić information content (AvgIpc) is 2.61. The molecule has 1 rings (SSSR count). The number of carboxylic acids is 1. The molecule has 0 heterocycles. The Bertz CT molecular complexity index is 161. The van der Waals surface area contributed by atoms with Crippen LogP contribution >= 0.6 is 0 Å². The molecule has 1 aliphatic carbocycles. The molecule has 1 aliphatic rings. The third-order valence-electron chi connectivity index (χ3n) is 1.99. The lowest BCUT2D eigenvalue weighted by Gasteiger charge is -1.84. The minimum Gasteiger partial charge on any atom is -0.478 e. The van der Waals surface area contributed by atoms with Gasteiger partial charge >= 0.3 is 5.97 Å². The molecular weight excluding hydrogens is 128 g/mol. The zero-order valence-corrected chi connectivity index (χ0v) is 6.08. The summed E-state index contributed by atoms with van der Waals surface area (Å²) < 4.78 is 0. The monoisotopic (exact) mass is 140 g/mol. The molecule has 2 atom stereocenters. The Morgan fingerprint density at radius 2 is 2.50 bits per heavy atom. The number of hydrogen-bond acceptors (Lipinski definition) is 1. The summed E-state index contributed by atoms with van der Waals surface area (Å²) in [6.45, 7) is 2.14. The van der Waals surface area contributed by atoms with E-state index >= 15 is 0 Å². The Morgan fingerprint density at radius 1 is 1.80 bits per heavy atom.